The Bertz CT molecular complexity index is 958. The minimum Gasteiger partial charge on any atom is -0.339 e. The number of rotatable bonds is 3. The van der Waals surface area contributed by atoms with E-state index in [2.05, 4.69) is 9.97 Å². The fourth-order valence-electron chi connectivity index (χ4n) is 3.10. The number of likely N-dealkylation sites (N-methyl/N-ethyl adjacent to an activating group) is 1. The van der Waals surface area contributed by atoms with Crippen LogP contribution < -0.4 is 0 Å². The molecule has 1 aliphatic rings. The summed E-state index contributed by atoms with van der Waals surface area (Å²) in [7, 11) is 3.84. The van der Waals surface area contributed by atoms with E-state index in [1.807, 2.05) is 37.2 Å². The van der Waals surface area contributed by atoms with Crippen LogP contribution in [-0.4, -0.2) is 58.8 Å². The van der Waals surface area contributed by atoms with Crippen LogP contribution in [0.3, 0.4) is 0 Å². The van der Waals surface area contributed by atoms with Crippen molar-refractivity contribution in [1.82, 2.24) is 19.8 Å². The number of pyridine rings is 1. The van der Waals surface area contributed by atoms with Crippen LogP contribution in [-0.2, 0) is 0 Å². The lowest BCUT2D eigenvalue weighted by atomic mass is 10.0. The van der Waals surface area contributed by atoms with Crippen molar-refractivity contribution in [1.29, 1.82) is 0 Å². The lowest BCUT2D eigenvalue weighted by Crippen LogP contribution is -2.35. The highest BCUT2D eigenvalue weighted by Gasteiger charge is 2.37. The molecule has 1 aliphatic heterocycles. The fraction of sp³-hybridized carbons (Fsp3) is 0.235. The summed E-state index contributed by atoms with van der Waals surface area (Å²) in [5.41, 5.74) is 2.52. The average Bonchev–Trinajstić information content (AvgIpc) is 3.02. The van der Waals surface area contributed by atoms with Crippen molar-refractivity contribution in [2.45, 2.75) is 0 Å². The molecule has 116 valence electrons. The molecule has 23 heavy (non-hydrogen) atoms. The predicted octanol–water partition coefficient (Wildman–Crippen LogP) is 1.87. The molecule has 0 fully saturated rings. The van der Waals surface area contributed by atoms with Gasteiger partial charge in [0.1, 0.15) is 5.65 Å². The van der Waals surface area contributed by atoms with Gasteiger partial charge in [0.25, 0.3) is 11.8 Å². The molecule has 3 aromatic rings. The zero-order valence-electron chi connectivity index (χ0n) is 13.0. The molecule has 0 spiro atoms. The number of benzene rings is 1. The number of imide groups is 1. The predicted molar refractivity (Wildman–Crippen MR) is 87.5 cm³/mol. The van der Waals surface area contributed by atoms with E-state index in [4.69, 9.17) is 0 Å². The number of nitrogens with zero attached hydrogens (tertiary/aromatic N) is 3. The lowest BCUT2D eigenvalue weighted by Gasteiger charge is -2.16. The maximum atomic E-state index is 12.8. The van der Waals surface area contributed by atoms with Crippen LogP contribution in [0, 0.1) is 0 Å². The zero-order valence-corrected chi connectivity index (χ0v) is 13.0. The highest BCUT2D eigenvalue weighted by Crippen LogP contribution is 2.34. The molecule has 6 heteroatoms. The molecule has 0 bridgehead atoms. The van der Waals surface area contributed by atoms with Gasteiger partial charge in [-0.25, -0.2) is 4.98 Å². The van der Waals surface area contributed by atoms with Crippen LogP contribution >= 0.6 is 0 Å². The lowest BCUT2D eigenvalue weighted by molar-refractivity contribution is 0.0645. The van der Waals surface area contributed by atoms with Crippen LogP contribution in [0.15, 0.2) is 30.5 Å². The van der Waals surface area contributed by atoms with Gasteiger partial charge in [-0.1, -0.05) is 0 Å². The first kappa shape index (κ1) is 13.9. The Balaban J connectivity index is 1.92. The van der Waals surface area contributed by atoms with E-state index in [1.165, 1.54) is 4.90 Å². The number of hydrogen-bond acceptors (Lipinski definition) is 4. The maximum Gasteiger partial charge on any atom is 0.262 e. The third kappa shape index (κ3) is 1.95. The third-order valence-electron chi connectivity index (χ3n) is 4.24. The number of carbonyl (C=O) groups excluding carboxylic acids is 2. The Hall–Kier alpha value is -2.73. The molecule has 6 nitrogen and oxygen atoms in total. The Morgan fingerprint density at radius 1 is 1.17 bits per heavy atom. The second-order valence-electron chi connectivity index (χ2n) is 6.00. The number of hydrogen-bond donors (Lipinski definition) is 1. The molecule has 3 heterocycles. The number of aromatic nitrogens is 2. The molecule has 0 saturated carbocycles. The molecule has 0 saturated heterocycles. The van der Waals surface area contributed by atoms with Crippen molar-refractivity contribution in [3.05, 3.63) is 41.6 Å². The van der Waals surface area contributed by atoms with E-state index in [1.54, 1.807) is 12.3 Å². The smallest absolute Gasteiger partial charge is 0.262 e. The molecular weight excluding hydrogens is 292 g/mol. The highest BCUT2D eigenvalue weighted by molar-refractivity contribution is 6.29. The van der Waals surface area contributed by atoms with Crippen LogP contribution in [0.2, 0.25) is 0 Å². The van der Waals surface area contributed by atoms with Gasteiger partial charge in [-0.05, 0) is 38.4 Å². The van der Waals surface area contributed by atoms with E-state index in [0.717, 1.165) is 21.9 Å². The molecule has 2 aromatic heterocycles. The van der Waals surface area contributed by atoms with E-state index < -0.39 is 0 Å². The number of carbonyl (C=O) groups is 2. The van der Waals surface area contributed by atoms with Gasteiger partial charge in [0.15, 0.2) is 0 Å². The van der Waals surface area contributed by atoms with Crippen molar-refractivity contribution in [2.75, 3.05) is 27.2 Å². The Morgan fingerprint density at radius 2 is 2.00 bits per heavy atom. The first-order valence-corrected chi connectivity index (χ1v) is 7.48. The summed E-state index contributed by atoms with van der Waals surface area (Å²) in [6.07, 6.45) is 1.70. The first-order chi connectivity index (χ1) is 11.1. The molecule has 0 radical (unpaired) electrons. The van der Waals surface area contributed by atoms with Gasteiger partial charge >= 0.3 is 0 Å². The average molecular weight is 308 g/mol. The summed E-state index contributed by atoms with van der Waals surface area (Å²) in [5.74, 6) is -0.436. The Kier molecular flexibility index (Phi) is 2.96. The van der Waals surface area contributed by atoms with Crippen LogP contribution in [0.4, 0.5) is 0 Å². The third-order valence-corrected chi connectivity index (χ3v) is 4.24. The van der Waals surface area contributed by atoms with Gasteiger partial charge in [0.05, 0.1) is 11.1 Å². The summed E-state index contributed by atoms with van der Waals surface area (Å²) in [5, 5.41) is 1.66. The largest absolute Gasteiger partial charge is 0.339 e. The van der Waals surface area contributed by atoms with Gasteiger partial charge in [-0.15, -0.1) is 0 Å². The number of nitrogens with one attached hydrogen (secondary N) is 1. The Morgan fingerprint density at radius 3 is 2.78 bits per heavy atom. The maximum absolute atomic E-state index is 12.8. The molecule has 2 amide bonds. The first-order valence-electron chi connectivity index (χ1n) is 7.48. The highest BCUT2D eigenvalue weighted by atomic mass is 16.2. The minimum absolute atomic E-state index is 0.216. The summed E-state index contributed by atoms with van der Waals surface area (Å²) < 4.78 is 0. The van der Waals surface area contributed by atoms with Gasteiger partial charge in [0.2, 0.25) is 0 Å². The normalized spacial score (nSPS) is 14.5. The zero-order chi connectivity index (χ0) is 16.1. The van der Waals surface area contributed by atoms with Gasteiger partial charge in [-0.2, -0.15) is 0 Å². The van der Waals surface area contributed by atoms with Gasteiger partial charge < -0.3 is 9.88 Å². The number of fused-ring (bicyclic) bond motifs is 5. The monoisotopic (exact) mass is 308 g/mol. The number of amides is 2. The minimum atomic E-state index is -0.220. The topological polar surface area (TPSA) is 69.3 Å². The molecule has 4 rings (SSSR count). The SMILES string of the molecule is CN(C)CCN1C(=O)c2ccc3[nH]c4ncccc4c3c2C1=O. The van der Waals surface area contributed by atoms with Crippen LogP contribution in [0.1, 0.15) is 20.7 Å². The fourth-order valence-corrected chi connectivity index (χ4v) is 3.10. The summed E-state index contributed by atoms with van der Waals surface area (Å²) in [4.78, 5) is 36.2. The summed E-state index contributed by atoms with van der Waals surface area (Å²) in [6, 6.07) is 7.32. The van der Waals surface area contributed by atoms with Gasteiger partial charge in [0, 0.05) is 35.6 Å². The molecule has 1 aromatic carbocycles. The van der Waals surface area contributed by atoms with E-state index in [-0.39, 0.29) is 11.8 Å². The van der Waals surface area contributed by atoms with Crippen molar-refractivity contribution in [2.24, 2.45) is 0 Å². The molecule has 0 atom stereocenters. The van der Waals surface area contributed by atoms with E-state index in [9.17, 15) is 9.59 Å². The second-order valence-corrected chi connectivity index (χ2v) is 6.00. The quantitative estimate of drug-likeness (QED) is 0.750. The van der Waals surface area contributed by atoms with Crippen molar-refractivity contribution >= 4 is 33.8 Å². The molecule has 1 N–H and O–H groups in total. The van der Waals surface area contributed by atoms with Crippen molar-refractivity contribution in [3.63, 3.8) is 0 Å². The summed E-state index contributed by atoms with van der Waals surface area (Å²) in [6.45, 7) is 1.03. The second kappa shape index (κ2) is 4.89. The standard InChI is InChI=1S/C17H16N4O2/c1-20(2)8-9-21-16(22)11-5-6-12-13(14(11)17(21)23)10-4-3-7-18-15(10)19-12/h3-7H,8-9H2,1-2H3,(H,18,19). The van der Waals surface area contributed by atoms with E-state index >= 15 is 0 Å². The van der Waals surface area contributed by atoms with Crippen molar-refractivity contribution in [3.8, 4) is 0 Å². The van der Waals surface area contributed by atoms with Crippen LogP contribution in [0.5, 0.6) is 0 Å². The van der Waals surface area contributed by atoms with Gasteiger partial charge in [-0.3, -0.25) is 14.5 Å². The number of aromatic amines is 1. The van der Waals surface area contributed by atoms with E-state index in [0.29, 0.717) is 24.2 Å². The van der Waals surface area contributed by atoms with Crippen LogP contribution in [0.25, 0.3) is 21.9 Å². The Labute approximate surface area is 132 Å². The molecular formula is C17H16N4O2. The molecule has 0 unspecified atom stereocenters. The van der Waals surface area contributed by atoms with Crippen molar-refractivity contribution < 1.29 is 9.59 Å². The number of H-pyrrole nitrogens is 1. The summed E-state index contributed by atoms with van der Waals surface area (Å²) >= 11 is 0. The molecule has 0 aliphatic carbocycles.